The molecule has 3 aliphatic rings. The van der Waals surface area contributed by atoms with E-state index >= 15 is 0 Å². The molecule has 9 heteroatoms. The summed E-state index contributed by atoms with van der Waals surface area (Å²) < 4.78 is 0. The van der Waals surface area contributed by atoms with Gasteiger partial charge in [0.2, 0.25) is 11.8 Å². The maximum Gasteiger partial charge on any atom is 0.228 e. The molecular weight excluding hydrogens is 435 g/mol. The molecule has 4 rings (SSSR count). The van der Waals surface area contributed by atoms with Crippen LogP contribution in [0.2, 0.25) is 5.02 Å². The number of fused-ring (bicyclic) bond motifs is 2. The highest BCUT2D eigenvalue weighted by atomic mass is 35.5. The molecule has 0 aliphatic carbocycles. The Kier molecular flexibility index (Phi) is 9.01. The zero-order valence-corrected chi connectivity index (χ0v) is 18.7. The fraction of sp³-hybridized carbons (Fsp3) is 0.650. The lowest BCUT2D eigenvalue weighted by molar-refractivity contribution is -0.135. The van der Waals surface area contributed by atoms with Crippen molar-refractivity contribution >= 4 is 54.0 Å². The Morgan fingerprint density at radius 2 is 1.76 bits per heavy atom. The minimum Gasteiger partial charge on any atom is -0.343 e. The number of pyridine rings is 1. The second-order valence-electron chi connectivity index (χ2n) is 8.19. The van der Waals surface area contributed by atoms with Crippen LogP contribution in [-0.2, 0) is 9.59 Å². The van der Waals surface area contributed by atoms with Gasteiger partial charge in [0.15, 0.2) is 0 Å². The predicted octanol–water partition coefficient (Wildman–Crippen LogP) is 3.68. The van der Waals surface area contributed by atoms with Crippen molar-refractivity contribution in [2.45, 2.75) is 57.0 Å². The summed E-state index contributed by atoms with van der Waals surface area (Å²) in [5, 5.41) is 7.02. The number of hydrogen-bond donors (Lipinski definition) is 2. The first-order valence-corrected chi connectivity index (χ1v) is 10.4. The van der Waals surface area contributed by atoms with E-state index in [0.29, 0.717) is 61.2 Å². The third kappa shape index (κ3) is 6.20. The van der Waals surface area contributed by atoms with Crippen molar-refractivity contribution in [3.63, 3.8) is 0 Å². The lowest BCUT2D eigenvalue weighted by Crippen LogP contribution is -2.44. The summed E-state index contributed by atoms with van der Waals surface area (Å²) >= 11 is 5.82. The molecule has 0 radical (unpaired) electrons. The predicted molar refractivity (Wildman–Crippen MR) is 119 cm³/mol. The van der Waals surface area contributed by atoms with E-state index in [1.165, 1.54) is 19.0 Å². The number of amides is 2. The van der Waals surface area contributed by atoms with Gasteiger partial charge in [-0.3, -0.25) is 9.59 Å². The van der Waals surface area contributed by atoms with Crippen LogP contribution in [0.5, 0.6) is 0 Å². The number of nitrogens with zero attached hydrogens (tertiary/aromatic N) is 2. The highest BCUT2D eigenvalue weighted by Gasteiger charge is 2.35. The topological polar surface area (TPSA) is 74.3 Å². The Morgan fingerprint density at radius 1 is 1.10 bits per heavy atom. The van der Waals surface area contributed by atoms with E-state index < -0.39 is 0 Å². The van der Waals surface area contributed by atoms with Crippen molar-refractivity contribution in [3.05, 3.63) is 23.4 Å². The van der Waals surface area contributed by atoms with Gasteiger partial charge >= 0.3 is 0 Å². The van der Waals surface area contributed by atoms with Crippen molar-refractivity contribution in [1.29, 1.82) is 0 Å². The van der Waals surface area contributed by atoms with Crippen LogP contribution in [0.3, 0.4) is 0 Å². The van der Waals surface area contributed by atoms with Gasteiger partial charge in [-0.25, -0.2) is 4.98 Å². The molecule has 2 bridgehead atoms. The smallest absolute Gasteiger partial charge is 0.228 e. The molecule has 2 amide bonds. The molecule has 1 aromatic heterocycles. The van der Waals surface area contributed by atoms with Crippen LogP contribution >= 0.6 is 36.4 Å². The van der Waals surface area contributed by atoms with Crippen molar-refractivity contribution < 1.29 is 9.59 Å². The van der Waals surface area contributed by atoms with Crippen LogP contribution in [0.25, 0.3) is 0 Å². The lowest BCUT2D eigenvalue weighted by Gasteiger charge is -2.34. The number of aromatic nitrogens is 1. The maximum atomic E-state index is 12.7. The van der Waals surface area contributed by atoms with Crippen LogP contribution < -0.4 is 10.6 Å². The second-order valence-corrected chi connectivity index (χ2v) is 8.62. The monoisotopic (exact) mass is 462 g/mol. The van der Waals surface area contributed by atoms with E-state index in [4.69, 9.17) is 11.6 Å². The van der Waals surface area contributed by atoms with Gasteiger partial charge in [0, 0.05) is 43.7 Å². The third-order valence-corrected chi connectivity index (χ3v) is 6.45. The van der Waals surface area contributed by atoms with Crippen LogP contribution in [0.1, 0.15) is 44.9 Å². The molecule has 0 saturated carbocycles. The second kappa shape index (κ2) is 10.8. The minimum absolute atomic E-state index is 0. The number of hydrogen-bond acceptors (Lipinski definition) is 4. The van der Waals surface area contributed by atoms with Crippen molar-refractivity contribution in [3.8, 4) is 0 Å². The summed E-state index contributed by atoms with van der Waals surface area (Å²) in [4.78, 5) is 31.2. The standard InChI is InChI=1S/C20H27ClN4O2.2ClH/c21-15-1-4-18(22-12-15)24-20(27)14-5-7-25(8-6-14)19(26)11-13-9-16-2-3-17(10-13)23-16;;/h1,4,12-14,16-17,23H,2-3,5-11H2,(H,22,24,27);2*1H. The molecule has 2 unspecified atom stereocenters. The molecule has 0 spiro atoms. The van der Waals surface area contributed by atoms with Gasteiger partial charge in [0.05, 0.1) is 5.02 Å². The van der Waals surface area contributed by atoms with Gasteiger partial charge in [-0.05, 0) is 56.6 Å². The first-order valence-electron chi connectivity index (χ1n) is 10.0. The molecule has 4 heterocycles. The number of nitrogens with one attached hydrogen (secondary N) is 2. The largest absolute Gasteiger partial charge is 0.343 e. The van der Waals surface area contributed by atoms with Gasteiger partial charge in [0.25, 0.3) is 0 Å². The normalized spacial score (nSPS) is 26.2. The summed E-state index contributed by atoms with van der Waals surface area (Å²) in [7, 11) is 0. The van der Waals surface area contributed by atoms with E-state index in [1.54, 1.807) is 12.1 Å². The van der Waals surface area contributed by atoms with Gasteiger partial charge in [-0.1, -0.05) is 11.6 Å². The summed E-state index contributed by atoms with van der Waals surface area (Å²) in [6.45, 7) is 1.34. The molecule has 0 aromatic carbocycles. The molecular formula is C20H29Cl3N4O2. The number of carbonyl (C=O) groups excluding carboxylic acids is 2. The number of halogens is 3. The lowest BCUT2D eigenvalue weighted by atomic mass is 9.88. The quantitative estimate of drug-likeness (QED) is 0.714. The number of piperidine rings is 2. The first-order chi connectivity index (χ1) is 13.1. The Hall–Kier alpha value is -1.08. The van der Waals surface area contributed by atoms with E-state index in [-0.39, 0.29) is 42.5 Å². The zero-order chi connectivity index (χ0) is 18.8. The molecule has 29 heavy (non-hydrogen) atoms. The Bertz CT molecular complexity index is 683. The molecule has 6 nitrogen and oxygen atoms in total. The number of carbonyl (C=O) groups is 2. The maximum absolute atomic E-state index is 12.7. The number of anilines is 1. The van der Waals surface area contributed by atoms with Gasteiger partial charge in [0.1, 0.15) is 5.82 Å². The Labute approximate surface area is 189 Å². The summed E-state index contributed by atoms with van der Waals surface area (Å²) in [5.41, 5.74) is 0. The molecule has 3 aliphatic heterocycles. The fourth-order valence-corrected chi connectivity index (χ4v) is 4.90. The third-order valence-electron chi connectivity index (χ3n) is 6.23. The summed E-state index contributed by atoms with van der Waals surface area (Å²) in [6, 6.07) is 4.65. The van der Waals surface area contributed by atoms with Crippen molar-refractivity contribution in [1.82, 2.24) is 15.2 Å². The van der Waals surface area contributed by atoms with Gasteiger partial charge in [-0.2, -0.15) is 0 Å². The van der Waals surface area contributed by atoms with E-state index in [9.17, 15) is 9.59 Å². The van der Waals surface area contributed by atoms with Crippen LogP contribution in [0.15, 0.2) is 18.3 Å². The molecule has 3 fully saturated rings. The number of likely N-dealkylation sites (tertiary alicyclic amines) is 1. The van der Waals surface area contributed by atoms with Gasteiger partial charge < -0.3 is 15.5 Å². The highest BCUT2D eigenvalue weighted by molar-refractivity contribution is 6.30. The van der Waals surface area contributed by atoms with E-state index in [2.05, 4.69) is 15.6 Å². The zero-order valence-electron chi connectivity index (χ0n) is 16.3. The molecule has 2 N–H and O–H groups in total. The van der Waals surface area contributed by atoms with Crippen molar-refractivity contribution in [2.24, 2.45) is 11.8 Å². The average molecular weight is 464 g/mol. The van der Waals surface area contributed by atoms with Crippen LogP contribution in [0.4, 0.5) is 5.82 Å². The van der Waals surface area contributed by atoms with Crippen LogP contribution in [0, 0.1) is 11.8 Å². The highest BCUT2D eigenvalue weighted by Crippen LogP contribution is 2.33. The summed E-state index contributed by atoms with van der Waals surface area (Å²) in [5.74, 6) is 1.21. The SMILES string of the molecule is Cl.Cl.O=C(Nc1ccc(Cl)cn1)C1CCN(C(=O)CC2CC3CCC(C2)N3)CC1. The van der Waals surface area contributed by atoms with Crippen LogP contribution in [-0.4, -0.2) is 46.9 Å². The minimum atomic E-state index is -0.0683. The van der Waals surface area contributed by atoms with Gasteiger partial charge in [-0.15, -0.1) is 24.8 Å². The van der Waals surface area contributed by atoms with E-state index in [1.807, 2.05) is 4.90 Å². The fourth-order valence-electron chi connectivity index (χ4n) is 4.79. The first kappa shape index (κ1) is 24.2. The molecule has 162 valence electrons. The van der Waals surface area contributed by atoms with Crippen molar-refractivity contribution in [2.75, 3.05) is 18.4 Å². The molecule has 2 atom stereocenters. The molecule has 1 aromatic rings. The molecule has 3 saturated heterocycles. The Morgan fingerprint density at radius 3 is 2.34 bits per heavy atom. The Balaban J connectivity index is 0.00000150. The average Bonchev–Trinajstić information content (AvgIpc) is 3.02. The number of rotatable bonds is 4. The van der Waals surface area contributed by atoms with E-state index in [0.717, 1.165) is 12.8 Å². The summed E-state index contributed by atoms with van der Waals surface area (Å²) in [6.07, 6.45) is 8.40.